The summed E-state index contributed by atoms with van der Waals surface area (Å²) in [5.41, 5.74) is 0.363. The molecular formula is C18H14ClNO2. The van der Waals surface area contributed by atoms with Crippen LogP contribution in [0.3, 0.4) is 0 Å². The van der Waals surface area contributed by atoms with E-state index < -0.39 is 17.4 Å². The van der Waals surface area contributed by atoms with Crippen LogP contribution >= 0.6 is 11.6 Å². The third-order valence-corrected chi connectivity index (χ3v) is 4.18. The van der Waals surface area contributed by atoms with E-state index in [4.69, 9.17) is 11.6 Å². The number of hydrogen-bond acceptors (Lipinski definition) is 2. The van der Waals surface area contributed by atoms with Gasteiger partial charge in [0.15, 0.2) is 0 Å². The summed E-state index contributed by atoms with van der Waals surface area (Å²) < 4.78 is 0. The quantitative estimate of drug-likeness (QED) is 0.926. The summed E-state index contributed by atoms with van der Waals surface area (Å²) in [6.07, 6.45) is 5.20. The minimum absolute atomic E-state index is 0.508. The highest BCUT2D eigenvalue weighted by molar-refractivity contribution is 6.31. The number of carboxylic acids is 1. The predicted molar refractivity (Wildman–Crippen MR) is 87.6 cm³/mol. The fraction of sp³-hybridized carbons (Fsp3) is 0.111. The third-order valence-electron chi connectivity index (χ3n) is 3.85. The number of aliphatic carboxylic acids is 1. The van der Waals surface area contributed by atoms with E-state index in [9.17, 15) is 9.90 Å². The Balaban J connectivity index is 2.23. The van der Waals surface area contributed by atoms with E-state index in [1.165, 1.54) is 0 Å². The summed E-state index contributed by atoms with van der Waals surface area (Å²) in [7, 11) is 0. The molecule has 0 fully saturated rings. The fourth-order valence-electron chi connectivity index (χ4n) is 2.90. The van der Waals surface area contributed by atoms with Crippen molar-refractivity contribution >= 4 is 23.8 Å². The van der Waals surface area contributed by atoms with Gasteiger partial charge >= 0.3 is 5.97 Å². The van der Waals surface area contributed by atoms with Crippen LogP contribution in [-0.2, 0) is 10.3 Å². The zero-order valence-corrected chi connectivity index (χ0v) is 12.4. The first-order chi connectivity index (χ1) is 10.6. The van der Waals surface area contributed by atoms with Crippen molar-refractivity contribution in [2.24, 2.45) is 4.99 Å². The summed E-state index contributed by atoms with van der Waals surface area (Å²) >= 11 is 6.33. The monoisotopic (exact) mass is 311 g/mol. The van der Waals surface area contributed by atoms with Gasteiger partial charge in [-0.25, -0.2) is 0 Å². The number of rotatable bonds is 4. The van der Waals surface area contributed by atoms with Crippen LogP contribution in [0.5, 0.6) is 0 Å². The van der Waals surface area contributed by atoms with Crippen LogP contribution in [0.2, 0.25) is 5.02 Å². The van der Waals surface area contributed by atoms with Crippen LogP contribution in [0.15, 0.2) is 71.7 Å². The summed E-state index contributed by atoms with van der Waals surface area (Å²) in [5.74, 6) is -1.78. The minimum atomic E-state index is -1.02. The summed E-state index contributed by atoms with van der Waals surface area (Å²) in [5, 5.41) is 10.4. The number of allylic oxidation sites excluding steroid dienone is 1. The van der Waals surface area contributed by atoms with Crippen molar-refractivity contribution in [1.29, 1.82) is 0 Å². The number of nitrogens with zero attached hydrogens (tertiary/aromatic N) is 1. The molecule has 4 heteroatoms. The predicted octanol–water partition coefficient (Wildman–Crippen LogP) is 4.04. The highest BCUT2D eigenvalue weighted by Gasteiger charge is 2.45. The van der Waals surface area contributed by atoms with Crippen molar-refractivity contribution in [2.75, 3.05) is 0 Å². The van der Waals surface area contributed by atoms with Crippen LogP contribution in [-0.4, -0.2) is 17.3 Å². The van der Waals surface area contributed by atoms with E-state index >= 15 is 0 Å². The van der Waals surface area contributed by atoms with Crippen LogP contribution in [0.1, 0.15) is 17.0 Å². The number of benzene rings is 2. The topological polar surface area (TPSA) is 49.7 Å². The zero-order chi connectivity index (χ0) is 15.6. The molecule has 2 aromatic carbocycles. The Bertz CT molecular complexity index is 741. The summed E-state index contributed by atoms with van der Waals surface area (Å²) in [4.78, 5) is 16.5. The summed E-state index contributed by atoms with van der Waals surface area (Å²) in [6.45, 7) is 0. The van der Waals surface area contributed by atoms with E-state index in [0.717, 1.165) is 0 Å². The molecule has 0 aliphatic carbocycles. The second-order valence-electron chi connectivity index (χ2n) is 5.12. The van der Waals surface area contributed by atoms with Crippen molar-refractivity contribution in [3.63, 3.8) is 0 Å². The van der Waals surface area contributed by atoms with E-state index in [-0.39, 0.29) is 0 Å². The van der Waals surface area contributed by atoms with Gasteiger partial charge in [-0.2, -0.15) is 0 Å². The molecule has 0 saturated heterocycles. The molecule has 22 heavy (non-hydrogen) atoms. The van der Waals surface area contributed by atoms with Gasteiger partial charge in [0, 0.05) is 16.8 Å². The zero-order valence-electron chi connectivity index (χ0n) is 11.7. The van der Waals surface area contributed by atoms with Gasteiger partial charge in [0.05, 0.1) is 0 Å². The Kier molecular flexibility index (Phi) is 3.82. The largest absolute Gasteiger partial charge is 0.481 e. The van der Waals surface area contributed by atoms with Gasteiger partial charge in [-0.3, -0.25) is 9.79 Å². The molecule has 1 aliphatic rings. The van der Waals surface area contributed by atoms with Crippen molar-refractivity contribution in [3.8, 4) is 0 Å². The molecule has 1 aliphatic heterocycles. The molecule has 0 amide bonds. The number of carboxylic acid groups (broad SMARTS) is 1. The number of hydrogen-bond donors (Lipinski definition) is 1. The average Bonchev–Trinajstić information content (AvgIpc) is 2.99. The van der Waals surface area contributed by atoms with Crippen LogP contribution < -0.4 is 0 Å². The highest BCUT2D eigenvalue weighted by Crippen LogP contribution is 2.46. The van der Waals surface area contributed by atoms with Crippen molar-refractivity contribution in [3.05, 3.63) is 82.9 Å². The molecule has 110 valence electrons. The molecule has 0 bridgehead atoms. The lowest BCUT2D eigenvalue weighted by atomic mass is 9.75. The number of carbonyl (C=O) groups is 1. The van der Waals surface area contributed by atoms with Gasteiger partial charge in [0.2, 0.25) is 0 Å². The Morgan fingerprint density at radius 3 is 2.36 bits per heavy atom. The first-order valence-corrected chi connectivity index (χ1v) is 7.29. The van der Waals surface area contributed by atoms with Crippen LogP contribution in [0.25, 0.3) is 0 Å². The van der Waals surface area contributed by atoms with Crippen LogP contribution in [0, 0.1) is 0 Å². The van der Waals surface area contributed by atoms with Gasteiger partial charge in [0.25, 0.3) is 0 Å². The normalized spacial score (nSPS) is 21.0. The minimum Gasteiger partial charge on any atom is -0.481 e. The maximum absolute atomic E-state index is 12.0. The number of aliphatic imine (C=N–C) groups is 1. The molecule has 2 unspecified atom stereocenters. The highest BCUT2D eigenvalue weighted by atomic mass is 35.5. The fourth-order valence-corrected chi connectivity index (χ4v) is 3.19. The van der Waals surface area contributed by atoms with Crippen molar-refractivity contribution in [2.45, 2.75) is 11.5 Å². The Morgan fingerprint density at radius 2 is 1.77 bits per heavy atom. The van der Waals surface area contributed by atoms with Gasteiger partial charge in [-0.15, -0.1) is 0 Å². The van der Waals surface area contributed by atoms with Crippen molar-refractivity contribution < 1.29 is 9.90 Å². The lowest BCUT2D eigenvalue weighted by Crippen LogP contribution is -2.34. The first-order valence-electron chi connectivity index (χ1n) is 6.91. The molecule has 2 aromatic rings. The smallest absolute Gasteiger partial charge is 0.314 e. The maximum Gasteiger partial charge on any atom is 0.314 e. The third kappa shape index (κ3) is 2.34. The second kappa shape index (κ2) is 5.78. The van der Waals surface area contributed by atoms with E-state index in [2.05, 4.69) is 4.99 Å². The van der Waals surface area contributed by atoms with Crippen molar-refractivity contribution in [1.82, 2.24) is 0 Å². The number of halogens is 1. The molecule has 1 N–H and O–H groups in total. The molecule has 3 nitrogen and oxygen atoms in total. The molecule has 0 saturated carbocycles. The van der Waals surface area contributed by atoms with Gasteiger partial charge in [-0.05, 0) is 23.8 Å². The first kappa shape index (κ1) is 14.5. The molecule has 0 aromatic heterocycles. The standard InChI is InChI=1S/C18H14ClNO2/c19-15-10-5-4-9-14(15)18(11-6-12-20-18)16(17(21)22)13-7-2-1-3-8-13/h1-12,16H,(H,21,22). The van der Waals surface area contributed by atoms with E-state index in [1.807, 2.05) is 36.4 Å². The lowest BCUT2D eigenvalue weighted by molar-refractivity contribution is -0.140. The van der Waals surface area contributed by atoms with Gasteiger partial charge < -0.3 is 5.11 Å². The molecule has 0 radical (unpaired) electrons. The van der Waals surface area contributed by atoms with E-state index in [0.29, 0.717) is 16.1 Å². The average molecular weight is 312 g/mol. The Hall–Kier alpha value is -2.39. The molecule has 2 atom stereocenters. The molecular weight excluding hydrogens is 298 g/mol. The maximum atomic E-state index is 12.0. The molecule has 1 heterocycles. The lowest BCUT2D eigenvalue weighted by Gasteiger charge is -2.32. The molecule has 0 spiro atoms. The van der Waals surface area contributed by atoms with Gasteiger partial charge in [0.1, 0.15) is 11.5 Å². The Morgan fingerprint density at radius 1 is 1.09 bits per heavy atom. The second-order valence-corrected chi connectivity index (χ2v) is 5.53. The Labute approximate surface area is 133 Å². The SMILES string of the molecule is O=C(O)C(c1ccccc1)C1(c2ccccc2Cl)C=CC=N1. The molecule has 3 rings (SSSR count). The van der Waals surface area contributed by atoms with E-state index in [1.54, 1.807) is 36.6 Å². The van der Waals surface area contributed by atoms with Crippen LogP contribution in [0.4, 0.5) is 0 Å². The summed E-state index contributed by atoms with van der Waals surface area (Å²) in [6, 6.07) is 16.4. The van der Waals surface area contributed by atoms with Gasteiger partial charge in [-0.1, -0.05) is 60.1 Å².